The van der Waals surface area contributed by atoms with Crippen LogP contribution in [-0.2, 0) is 7.05 Å². The number of aliphatic hydroxyl groups is 1. The first-order chi connectivity index (χ1) is 10.0. The summed E-state index contributed by atoms with van der Waals surface area (Å²) in [4.78, 5) is 12.3. The van der Waals surface area contributed by atoms with Gasteiger partial charge >= 0.3 is 0 Å². The summed E-state index contributed by atoms with van der Waals surface area (Å²) in [5, 5.41) is 11.6. The fourth-order valence-corrected chi connectivity index (χ4v) is 2.11. The van der Waals surface area contributed by atoms with E-state index < -0.39 is 0 Å². The van der Waals surface area contributed by atoms with E-state index in [1.807, 2.05) is 43.7 Å². The SMILES string of the molecule is Cc1cc(C#CCO)cc(NC(=O)c2ccc(C)n2C)c1. The third kappa shape index (κ3) is 3.53. The average Bonchev–Trinajstić information content (AvgIpc) is 2.76. The number of nitrogens with zero attached hydrogens (tertiary/aromatic N) is 1. The quantitative estimate of drug-likeness (QED) is 0.830. The van der Waals surface area contributed by atoms with Gasteiger partial charge in [0.2, 0.25) is 0 Å². The normalized spacial score (nSPS) is 9.90. The van der Waals surface area contributed by atoms with E-state index >= 15 is 0 Å². The highest BCUT2D eigenvalue weighted by Crippen LogP contribution is 2.16. The molecule has 0 saturated carbocycles. The zero-order valence-electron chi connectivity index (χ0n) is 12.4. The predicted octanol–water partition coefficient (Wildman–Crippen LogP) is 2.24. The largest absolute Gasteiger partial charge is 0.384 e. The third-order valence-electron chi connectivity index (χ3n) is 3.25. The first-order valence-corrected chi connectivity index (χ1v) is 6.66. The van der Waals surface area contributed by atoms with E-state index in [4.69, 9.17) is 5.11 Å². The van der Waals surface area contributed by atoms with Gasteiger partial charge in [-0.1, -0.05) is 11.8 Å². The highest BCUT2D eigenvalue weighted by atomic mass is 16.2. The van der Waals surface area contributed by atoms with E-state index in [1.165, 1.54) is 0 Å². The Labute approximate surface area is 124 Å². The van der Waals surface area contributed by atoms with Gasteiger partial charge in [-0.3, -0.25) is 4.79 Å². The average molecular weight is 282 g/mol. The van der Waals surface area contributed by atoms with Crippen molar-refractivity contribution in [3.05, 3.63) is 52.8 Å². The maximum atomic E-state index is 12.3. The zero-order valence-corrected chi connectivity index (χ0v) is 12.4. The van der Waals surface area contributed by atoms with Gasteiger partial charge in [-0.2, -0.15) is 0 Å². The Morgan fingerprint density at radius 3 is 2.67 bits per heavy atom. The third-order valence-corrected chi connectivity index (χ3v) is 3.25. The lowest BCUT2D eigenvalue weighted by atomic mass is 10.1. The van der Waals surface area contributed by atoms with Crippen molar-refractivity contribution < 1.29 is 9.90 Å². The van der Waals surface area contributed by atoms with Crippen LogP contribution in [0.25, 0.3) is 0 Å². The van der Waals surface area contributed by atoms with Crippen LogP contribution in [0.15, 0.2) is 30.3 Å². The van der Waals surface area contributed by atoms with Gasteiger partial charge < -0.3 is 15.0 Å². The number of hydrogen-bond acceptors (Lipinski definition) is 2. The number of amides is 1. The molecule has 2 N–H and O–H groups in total. The lowest BCUT2D eigenvalue weighted by Gasteiger charge is -2.08. The number of aromatic nitrogens is 1. The zero-order chi connectivity index (χ0) is 15.4. The molecule has 4 nitrogen and oxygen atoms in total. The van der Waals surface area contributed by atoms with Crippen molar-refractivity contribution in [1.82, 2.24) is 4.57 Å². The van der Waals surface area contributed by atoms with Gasteiger partial charge in [-0.15, -0.1) is 0 Å². The van der Waals surface area contributed by atoms with Crippen LogP contribution >= 0.6 is 0 Å². The first-order valence-electron chi connectivity index (χ1n) is 6.66. The summed E-state index contributed by atoms with van der Waals surface area (Å²) < 4.78 is 1.84. The van der Waals surface area contributed by atoms with E-state index in [0.29, 0.717) is 11.4 Å². The maximum Gasteiger partial charge on any atom is 0.272 e. The van der Waals surface area contributed by atoms with E-state index in [0.717, 1.165) is 16.8 Å². The second kappa shape index (κ2) is 6.29. The molecule has 108 valence electrons. The second-order valence-corrected chi connectivity index (χ2v) is 4.92. The molecule has 21 heavy (non-hydrogen) atoms. The minimum absolute atomic E-state index is 0.155. The summed E-state index contributed by atoms with van der Waals surface area (Å²) >= 11 is 0. The molecule has 2 aromatic rings. The predicted molar refractivity (Wildman–Crippen MR) is 83.2 cm³/mol. The molecule has 1 aromatic carbocycles. The van der Waals surface area contributed by atoms with Gasteiger partial charge in [0.1, 0.15) is 12.3 Å². The molecule has 0 saturated heterocycles. The van der Waals surface area contributed by atoms with Gasteiger partial charge in [-0.05, 0) is 49.7 Å². The molecular weight excluding hydrogens is 264 g/mol. The summed E-state index contributed by atoms with van der Waals surface area (Å²) in [6.07, 6.45) is 0. The number of nitrogens with one attached hydrogen (secondary N) is 1. The molecule has 0 aliphatic rings. The van der Waals surface area contributed by atoms with E-state index in [2.05, 4.69) is 17.2 Å². The summed E-state index contributed by atoms with van der Waals surface area (Å²) in [6.45, 7) is 3.71. The lowest BCUT2D eigenvalue weighted by Crippen LogP contribution is -2.16. The smallest absolute Gasteiger partial charge is 0.272 e. The van der Waals surface area contributed by atoms with Gasteiger partial charge in [0.15, 0.2) is 0 Å². The topological polar surface area (TPSA) is 54.3 Å². The van der Waals surface area contributed by atoms with Gasteiger partial charge in [0.05, 0.1) is 0 Å². The van der Waals surface area contributed by atoms with Crippen molar-refractivity contribution >= 4 is 11.6 Å². The number of aliphatic hydroxyl groups excluding tert-OH is 1. The van der Waals surface area contributed by atoms with Crippen LogP contribution in [0.5, 0.6) is 0 Å². The standard InChI is InChI=1S/C17H18N2O2/c1-12-9-14(5-4-8-20)11-15(10-12)18-17(21)16-7-6-13(2)19(16)3/h6-7,9-11,20H,8H2,1-3H3,(H,18,21). The molecule has 4 heteroatoms. The Balaban J connectivity index is 2.25. The molecule has 0 unspecified atom stereocenters. The minimum atomic E-state index is -0.182. The number of rotatable bonds is 2. The van der Waals surface area contributed by atoms with Crippen molar-refractivity contribution in [1.29, 1.82) is 0 Å². The molecular formula is C17H18N2O2. The number of aryl methyl sites for hydroxylation is 2. The fraction of sp³-hybridized carbons (Fsp3) is 0.235. The van der Waals surface area contributed by atoms with E-state index in [1.54, 1.807) is 12.1 Å². The van der Waals surface area contributed by atoms with Gasteiger partial charge in [0.25, 0.3) is 5.91 Å². The van der Waals surface area contributed by atoms with Gasteiger partial charge in [0, 0.05) is 24.0 Å². The van der Waals surface area contributed by atoms with Crippen LogP contribution in [-0.4, -0.2) is 22.2 Å². The molecule has 1 aromatic heterocycles. The summed E-state index contributed by atoms with van der Waals surface area (Å²) in [6, 6.07) is 9.29. The van der Waals surface area contributed by atoms with Crippen LogP contribution < -0.4 is 5.32 Å². The van der Waals surface area contributed by atoms with Gasteiger partial charge in [-0.25, -0.2) is 0 Å². The first kappa shape index (κ1) is 14.9. The Morgan fingerprint density at radius 2 is 2.05 bits per heavy atom. The molecule has 0 radical (unpaired) electrons. The molecule has 0 spiro atoms. The van der Waals surface area contributed by atoms with Crippen molar-refractivity contribution in [3.8, 4) is 11.8 Å². The summed E-state index contributed by atoms with van der Waals surface area (Å²) in [7, 11) is 1.86. The maximum absolute atomic E-state index is 12.3. The summed E-state index contributed by atoms with van der Waals surface area (Å²) in [5.41, 5.74) is 4.09. The molecule has 0 atom stereocenters. The van der Waals surface area contributed by atoms with E-state index in [-0.39, 0.29) is 12.5 Å². The molecule has 0 fully saturated rings. The number of benzene rings is 1. The molecule has 1 amide bonds. The summed E-state index contributed by atoms with van der Waals surface area (Å²) in [5.74, 6) is 5.30. The Morgan fingerprint density at radius 1 is 1.29 bits per heavy atom. The molecule has 1 heterocycles. The van der Waals surface area contributed by atoms with Crippen LogP contribution in [0, 0.1) is 25.7 Å². The number of hydrogen-bond donors (Lipinski definition) is 2. The number of anilines is 1. The number of carbonyl (C=O) groups excluding carboxylic acids is 1. The molecule has 0 aliphatic carbocycles. The van der Waals surface area contributed by atoms with Crippen molar-refractivity contribution in [2.24, 2.45) is 7.05 Å². The lowest BCUT2D eigenvalue weighted by molar-refractivity contribution is 0.101. The van der Waals surface area contributed by atoms with Crippen molar-refractivity contribution in [3.63, 3.8) is 0 Å². The van der Waals surface area contributed by atoms with Crippen LogP contribution in [0.3, 0.4) is 0 Å². The van der Waals surface area contributed by atoms with Crippen LogP contribution in [0.2, 0.25) is 0 Å². The van der Waals surface area contributed by atoms with Crippen LogP contribution in [0.1, 0.15) is 27.3 Å². The number of carbonyl (C=O) groups is 1. The molecule has 0 aliphatic heterocycles. The second-order valence-electron chi connectivity index (χ2n) is 4.92. The van der Waals surface area contributed by atoms with E-state index in [9.17, 15) is 4.79 Å². The van der Waals surface area contributed by atoms with Crippen molar-refractivity contribution in [2.75, 3.05) is 11.9 Å². The Bertz CT molecular complexity index is 733. The Kier molecular flexibility index (Phi) is 4.46. The molecule has 2 rings (SSSR count). The fourth-order valence-electron chi connectivity index (χ4n) is 2.11. The minimum Gasteiger partial charge on any atom is -0.384 e. The van der Waals surface area contributed by atoms with Crippen LogP contribution in [0.4, 0.5) is 5.69 Å². The Hall–Kier alpha value is -2.51. The highest BCUT2D eigenvalue weighted by molar-refractivity contribution is 6.03. The van der Waals surface area contributed by atoms with Crippen molar-refractivity contribution in [2.45, 2.75) is 13.8 Å². The highest BCUT2D eigenvalue weighted by Gasteiger charge is 2.11. The molecule has 0 bridgehead atoms. The monoisotopic (exact) mass is 282 g/mol.